The largest absolute Gasteiger partial charge is 0.338 e. The number of benzene rings is 2. The topological polar surface area (TPSA) is 32.3 Å². The van der Waals surface area contributed by atoms with Crippen molar-refractivity contribution in [2.75, 3.05) is 13.1 Å². The highest BCUT2D eigenvalue weighted by Crippen LogP contribution is 2.31. The standard InChI is InChI=1S/C19H21FN2O/c20-17-10-8-16(9-11-17)18-7-4-14-22(18)19(23)21-13-12-15-5-2-1-3-6-15/h1-3,5-6,8-11,18H,4,7,12-14H2,(H,21,23)/t18-/m0/s1. The summed E-state index contributed by atoms with van der Waals surface area (Å²) < 4.78 is 13.1. The highest BCUT2D eigenvalue weighted by atomic mass is 19.1. The first-order valence-electron chi connectivity index (χ1n) is 8.08. The zero-order chi connectivity index (χ0) is 16.1. The highest BCUT2D eigenvalue weighted by molar-refractivity contribution is 5.75. The summed E-state index contributed by atoms with van der Waals surface area (Å²) in [4.78, 5) is 14.3. The lowest BCUT2D eigenvalue weighted by Gasteiger charge is -2.25. The van der Waals surface area contributed by atoms with Gasteiger partial charge in [-0.3, -0.25) is 0 Å². The van der Waals surface area contributed by atoms with Crippen molar-refractivity contribution in [2.24, 2.45) is 0 Å². The summed E-state index contributed by atoms with van der Waals surface area (Å²) in [5, 5.41) is 3.00. The molecule has 0 aliphatic carbocycles. The van der Waals surface area contributed by atoms with E-state index >= 15 is 0 Å². The summed E-state index contributed by atoms with van der Waals surface area (Å²) >= 11 is 0. The van der Waals surface area contributed by atoms with Crippen LogP contribution in [0.25, 0.3) is 0 Å². The molecule has 4 heteroatoms. The molecule has 1 fully saturated rings. The Kier molecular flexibility index (Phi) is 4.91. The Hall–Kier alpha value is -2.36. The molecule has 2 amide bonds. The number of rotatable bonds is 4. The number of hydrogen-bond donors (Lipinski definition) is 1. The number of carbonyl (C=O) groups is 1. The van der Waals surface area contributed by atoms with Crippen LogP contribution in [0.4, 0.5) is 9.18 Å². The van der Waals surface area contributed by atoms with Crippen molar-refractivity contribution >= 4 is 6.03 Å². The lowest BCUT2D eigenvalue weighted by molar-refractivity contribution is 0.193. The molecular weight excluding hydrogens is 291 g/mol. The van der Waals surface area contributed by atoms with Gasteiger partial charge in [0.05, 0.1) is 6.04 Å². The molecule has 2 aromatic rings. The molecule has 3 nitrogen and oxygen atoms in total. The highest BCUT2D eigenvalue weighted by Gasteiger charge is 2.29. The lowest BCUT2D eigenvalue weighted by atomic mass is 10.0. The predicted molar refractivity (Wildman–Crippen MR) is 88.6 cm³/mol. The minimum atomic E-state index is -0.245. The first-order chi connectivity index (χ1) is 11.2. The minimum Gasteiger partial charge on any atom is -0.338 e. The van der Waals surface area contributed by atoms with Gasteiger partial charge >= 0.3 is 6.03 Å². The Morgan fingerprint density at radius 1 is 1.13 bits per heavy atom. The molecular formula is C19H21FN2O. The van der Waals surface area contributed by atoms with Crippen LogP contribution in [0.15, 0.2) is 54.6 Å². The number of halogens is 1. The molecule has 0 bridgehead atoms. The summed E-state index contributed by atoms with van der Waals surface area (Å²) in [6.07, 6.45) is 2.73. The molecule has 0 aromatic heterocycles. The molecule has 0 unspecified atom stereocenters. The van der Waals surface area contributed by atoms with Crippen LogP contribution in [0.2, 0.25) is 0 Å². The molecule has 1 heterocycles. The van der Waals surface area contributed by atoms with Gasteiger partial charge in [-0.05, 0) is 42.5 Å². The first-order valence-corrected chi connectivity index (χ1v) is 8.08. The van der Waals surface area contributed by atoms with E-state index in [1.54, 1.807) is 12.1 Å². The molecule has 1 aliphatic heterocycles. The van der Waals surface area contributed by atoms with Crippen LogP contribution in [-0.2, 0) is 6.42 Å². The van der Waals surface area contributed by atoms with Gasteiger partial charge in [-0.2, -0.15) is 0 Å². The van der Waals surface area contributed by atoms with E-state index in [2.05, 4.69) is 17.4 Å². The van der Waals surface area contributed by atoms with Crippen LogP contribution in [0, 0.1) is 5.82 Å². The molecule has 0 radical (unpaired) electrons. The maximum Gasteiger partial charge on any atom is 0.317 e. The molecule has 1 atom stereocenters. The Bertz CT molecular complexity index is 642. The Labute approximate surface area is 136 Å². The zero-order valence-corrected chi connectivity index (χ0v) is 13.0. The lowest BCUT2D eigenvalue weighted by Crippen LogP contribution is -2.40. The van der Waals surface area contributed by atoms with Crippen LogP contribution in [0.1, 0.15) is 30.0 Å². The first kappa shape index (κ1) is 15.5. The smallest absolute Gasteiger partial charge is 0.317 e. The maximum atomic E-state index is 13.1. The van der Waals surface area contributed by atoms with E-state index in [-0.39, 0.29) is 17.9 Å². The van der Waals surface area contributed by atoms with E-state index in [1.165, 1.54) is 17.7 Å². The third-order valence-electron chi connectivity index (χ3n) is 4.30. The van der Waals surface area contributed by atoms with Gasteiger partial charge in [0.15, 0.2) is 0 Å². The minimum absolute atomic E-state index is 0.0345. The third kappa shape index (κ3) is 3.89. The number of amides is 2. The van der Waals surface area contributed by atoms with Crippen molar-refractivity contribution in [3.63, 3.8) is 0 Å². The molecule has 3 rings (SSSR count). The monoisotopic (exact) mass is 312 g/mol. The van der Waals surface area contributed by atoms with Gasteiger partial charge in [0.1, 0.15) is 5.82 Å². The number of hydrogen-bond acceptors (Lipinski definition) is 1. The predicted octanol–water partition coefficient (Wildman–Crippen LogP) is 3.91. The SMILES string of the molecule is O=C(NCCc1ccccc1)N1CCC[C@H]1c1ccc(F)cc1. The fourth-order valence-electron chi connectivity index (χ4n) is 3.10. The van der Waals surface area contributed by atoms with Crippen molar-refractivity contribution in [1.29, 1.82) is 0 Å². The fourth-order valence-corrected chi connectivity index (χ4v) is 3.10. The van der Waals surface area contributed by atoms with E-state index < -0.39 is 0 Å². The Morgan fingerprint density at radius 2 is 1.87 bits per heavy atom. The summed E-state index contributed by atoms with van der Waals surface area (Å²) in [5.74, 6) is -0.245. The Balaban J connectivity index is 1.56. The molecule has 0 spiro atoms. The average molecular weight is 312 g/mol. The Morgan fingerprint density at radius 3 is 2.61 bits per heavy atom. The van der Waals surface area contributed by atoms with Gasteiger partial charge in [0.25, 0.3) is 0 Å². The molecule has 0 saturated carbocycles. The summed E-state index contributed by atoms with van der Waals surface area (Å²) in [5.41, 5.74) is 2.21. The van der Waals surface area contributed by atoms with Gasteiger partial charge in [-0.15, -0.1) is 0 Å². The average Bonchev–Trinajstić information content (AvgIpc) is 3.06. The van der Waals surface area contributed by atoms with E-state index in [4.69, 9.17) is 0 Å². The molecule has 1 N–H and O–H groups in total. The van der Waals surface area contributed by atoms with Crippen molar-refractivity contribution in [1.82, 2.24) is 10.2 Å². The molecule has 1 saturated heterocycles. The van der Waals surface area contributed by atoms with Gasteiger partial charge in [0, 0.05) is 13.1 Å². The summed E-state index contributed by atoms with van der Waals surface area (Å²) in [7, 11) is 0. The number of likely N-dealkylation sites (tertiary alicyclic amines) is 1. The van der Waals surface area contributed by atoms with Crippen LogP contribution in [0.3, 0.4) is 0 Å². The van der Waals surface area contributed by atoms with E-state index in [9.17, 15) is 9.18 Å². The molecule has 1 aliphatic rings. The fraction of sp³-hybridized carbons (Fsp3) is 0.316. The van der Waals surface area contributed by atoms with Crippen molar-refractivity contribution < 1.29 is 9.18 Å². The van der Waals surface area contributed by atoms with Crippen LogP contribution in [0.5, 0.6) is 0 Å². The zero-order valence-electron chi connectivity index (χ0n) is 13.0. The third-order valence-corrected chi connectivity index (χ3v) is 4.30. The van der Waals surface area contributed by atoms with Gasteiger partial charge in [0.2, 0.25) is 0 Å². The normalized spacial score (nSPS) is 17.3. The van der Waals surface area contributed by atoms with E-state index in [1.807, 2.05) is 23.1 Å². The molecule has 120 valence electrons. The van der Waals surface area contributed by atoms with Gasteiger partial charge in [-0.25, -0.2) is 9.18 Å². The van der Waals surface area contributed by atoms with Crippen LogP contribution >= 0.6 is 0 Å². The second kappa shape index (κ2) is 7.27. The van der Waals surface area contributed by atoms with Crippen molar-refractivity contribution in [3.05, 3.63) is 71.5 Å². The van der Waals surface area contributed by atoms with Crippen molar-refractivity contribution in [3.8, 4) is 0 Å². The number of nitrogens with zero attached hydrogens (tertiary/aromatic N) is 1. The van der Waals surface area contributed by atoms with E-state index in [0.717, 1.165) is 31.4 Å². The van der Waals surface area contributed by atoms with Gasteiger partial charge in [-0.1, -0.05) is 42.5 Å². The van der Waals surface area contributed by atoms with Gasteiger partial charge < -0.3 is 10.2 Å². The number of nitrogens with one attached hydrogen (secondary N) is 1. The van der Waals surface area contributed by atoms with Crippen LogP contribution in [-0.4, -0.2) is 24.0 Å². The number of urea groups is 1. The van der Waals surface area contributed by atoms with Crippen LogP contribution < -0.4 is 5.32 Å². The quantitative estimate of drug-likeness (QED) is 0.912. The summed E-state index contributed by atoms with van der Waals surface area (Å²) in [6, 6.07) is 16.6. The van der Waals surface area contributed by atoms with E-state index in [0.29, 0.717) is 6.54 Å². The molecule has 23 heavy (non-hydrogen) atoms. The van der Waals surface area contributed by atoms with Crippen molar-refractivity contribution in [2.45, 2.75) is 25.3 Å². The maximum absolute atomic E-state index is 13.1. The molecule has 2 aromatic carbocycles. The second-order valence-corrected chi connectivity index (χ2v) is 5.87. The second-order valence-electron chi connectivity index (χ2n) is 5.87. The summed E-state index contributed by atoms with van der Waals surface area (Å²) in [6.45, 7) is 1.37. The number of carbonyl (C=O) groups excluding carboxylic acids is 1.